The number of benzene rings is 2. The molecule has 0 aliphatic carbocycles. The van der Waals surface area contributed by atoms with Crippen LogP contribution in [0.4, 0.5) is 10.1 Å². The third-order valence-corrected chi connectivity index (χ3v) is 3.73. The van der Waals surface area contributed by atoms with Gasteiger partial charge in [0.2, 0.25) is 0 Å². The fourth-order valence-corrected chi connectivity index (χ4v) is 2.46. The number of nitrogens with one attached hydrogen (secondary N) is 2. The van der Waals surface area contributed by atoms with E-state index in [0.29, 0.717) is 10.6 Å². The van der Waals surface area contributed by atoms with E-state index in [1.807, 2.05) is 0 Å². The van der Waals surface area contributed by atoms with Crippen LogP contribution in [0.5, 0.6) is 0 Å². The third-order valence-electron chi connectivity index (χ3n) is 2.52. The number of amides is 1. The summed E-state index contributed by atoms with van der Waals surface area (Å²) >= 11 is 13.0. The summed E-state index contributed by atoms with van der Waals surface area (Å²) in [6.45, 7) is 0. The first kappa shape index (κ1) is 16.1. The maximum atomic E-state index is 13.5. The molecule has 7 heteroatoms. The van der Waals surface area contributed by atoms with Crippen molar-refractivity contribution in [1.29, 1.82) is 0 Å². The van der Waals surface area contributed by atoms with E-state index in [1.165, 1.54) is 12.1 Å². The van der Waals surface area contributed by atoms with Crippen LogP contribution in [0.25, 0.3) is 0 Å². The number of hydrogen-bond acceptors (Lipinski definition) is 2. The van der Waals surface area contributed by atoms with Crippen molar-refractivity contribution in [3.05, 3.63) is 62.4 Å². The van der Waals surface area contributed by atoms with Crippen LogP contribution in [0.1, 0.15) is 10.4 Å². The van der Waals surface area contributed by atoms with Crippen LogP contribution in [0.3, 0.4) is 0 Å². The van der Waals surface area contributed by atoms with Gasteiger partial charge in [-0.15, -0.1) is 0 Å². The van der Waals surface area contributed by atoms with Gasteiger partial charge < -0.3 is 5.32 Å². The molecule has 0 fully saturated rings. The number of halogens is 3. The van der Waals surface area contributed by atoms with Gasteiger partial charge >= 0.3 is 0 Å². The van der Waals surface area contributed by atoms with Gasteiger partial charge in [0.05, 0.1) is 16.3 Å². The summed E-state index contributed by atoms with van der Waals surface area (Å²) in [5.41, 5.74) is 0.498. The van der Waals surface area contributed by atoms with Gasteiger partial charge in [-0.05, 0) is 65.1 Å². The Morgan fingerprint density at radius 1 is 1.24 bits per heavy atom. The zero-order chi connectivity index (χ0) is 15.4. The topological polar surface area (TPSA) is 41.1 Å². The lowest BCUT2D eigenvalue weighted by Crippen LogP contribution is -2.34. The lowest BCUT2D eigenvalue weighted by molar-refractivity contribution is 0.0978. The molecule has 0 radical (unpaired) electrons. The van der Waals surface area contributed by atoms with E-state index in [0.717, 1.165) is 3.57 Å². The molecule has 0 aromatic heterocycles. The summed E-state index contributed by atoms with van der Waals surface area (Å²) in [5.74, 6) is -0.909. The van der Waals surface area contributed by atoms with Crippen LogP contribution >= 0.6 is 46.4 Å². The molecule has 0 heterocycles. The van der Waals surface area contributed by atoms with Crippen molar-refractivity contribution in [3.8, 4) is 0 Å². The van der Waals surface area contributed by atoms with E-state index in [9.17, 15) is 9.18 Å². The fraction of sp³-hybridized carbons (Fsp3) is 0. The lowest BCUT2D eigenvalue weighted by atomic mass is 10.2. The Morgan fingerprint density at radius 3 is 2.67 bits per heavy atom. The number of carbonyl (C=O) groups excluding carboxylic acids is 1. The molecule has 2 rings (SSSR count). The fourth-order valence-electron chi connectivity index (χ4n) is 1.56. The standard InChI is InChI=1S/C14H9ClFIN2OS/c15-10-6-5-8(17)7-9(10)13(20)19-14(21)18-12-4-2-1-3-11(12)16/h1-7H,(H2,18,19,20,21). The molecule has 0 saturated heterocycles. The molecular weight excluding hydrogens is 426 g/mol. The summed E-state index contributed by atoms with van der Waals surface area (Å²) in [5, 5.41) is 5.41. The Kier molecular flexibility index (Phi) is 5.49. The van der Waals surface area contributed by atoms with Crippen LogP contribution in [0.15, 0.2) is 42.5 Å². The Hall–Kier alpha value is -1.25. The van der Waals surface area contributed by atoms with Gasteiger partial charge in [0.15, 0.2) is 5.11 Å². The first-order valence-electron chi connectivity index (χ1n) is 5.79. The number of rotatable bonds is 2. The molecule has 2 aromatic carbocycles. The Bertz CT molecular complexity index is 711. The largest absolute Gasteiger partial charge is 0.330 e. The summed E-state index contributed by atoms with van der Waals surface area (Å²) in [4.78, 5) is 12.1. The molecule has 0 saturated carbocycles. The molecule has 0 spiro atoms. The van der Waals surface area contributed by atoms with Gasteiger partial charge in [-0.25, -0.2) is 4.39 Å². The number of carbonyl (C=O) groups is 1. The second-order valence-corrected chi connectivity index (χ2v) is 6.07. The van der Waals surface area contributed by atoms with E-state index in [1.54, 1.807) is 30.3 Å². The van der Waals surface area contributed by atoms with E-state index >= 15 is 0 Å². The maximum absolute atomic E-state index is 13.5. The highest BCUT2D eigenvalue weighted by Crippen LogP contribution is 2.19. The number of hydrogen-bond donors (Lipinski definition) is 2. The van der Waals surface area contributed by atoms with Crippen LogP contribution in [-0.2, 0) is 0 Å². The summed E-state index contributed by atoms with van der Waals surface area (Å²) < 4.78 is 14.3. The van der Waals surface area contributed by atoms with Gasteiger partial charge in [-0.1, -0.05) is 23.7 Å². The van der Waals surface area contributed by atoms with Gasteiger partial charge in [-0.3, -0.25) is 10.1 Å². The highest BCUT2D eigenvalue weighted by molar-refractivity contribution is 14.1. The maximum Gasteiger partial charge on any atom is 0.258 e. The van der Waals surface area contributed by atoms with Crippen molar-refractivity contribution in [2.75, 3.05) is 5.32 Å². The molecule has 108 valence electrons. The zero-order valence-corrected chi connectivity index (χ0v) is 14.2. The molecule has 0 aliphatic heterocycles. The van der Waals surface area contributed by atoms with Crippen molar-refractivity contribution in [1.82, 2.24) is 5.32 Å². The molecule has 0 bridgehead atoms. The van der Waals surface area contributed by atoms with Crippen molar-refractivity contribution >= 4 is 63.1 Å². The summed E-state index contributed by atoms with van der Waals surface area (Å²) in [6, 6.07) is 11.1. The molecule has 2 N–H and O–H groups in total. The van der Waals surface area contributed by atoms with E-state index in [2.05, 4.69) is 33.2 Å². The predicted octanol–water partition coefficient (Wildman–Crippen LogP) is 4.21. The minimum absolute atomic E-state index is 0.0000258. The van der Waals surface area contributed by atoms with Gasteiger partial charge in [0, 0.05) is 3.57 Å². The SMILES string of the molecule is O=C(NC(=S)Nc1ccccc1F)c1cc(I)ccc1Cl. The van der Waals surface area contributed by atoms with Gasteiger partial charge in [0.1, 0.15) is 5.82 Å². The highest BCUT2D eigenvalue weighted by atomic mass is 127. The van der Waals surface area contributed by atoms with Gasteiger partial charge in [-0.2, -0.15) is 0 Å². The molecule has 3 nitrogen and oxygen atoms in total. The third kappa shape index (κ3) is 4.36. The first-order valence-corrected chi connectivity index (χ1v) is 7.66. The van der Waals surface area contributed by atoms with Crippen LogP contribution < -0.4 is 10.6 Å². The molecule has 21 heavy (non-hydrogen) atoms. The van der Waals surface area contributed by atoms with E-state index < -0.39 is 11.7 Å². The van der Waals surface area contributed by atoms with E-state index in [4.69, 9.17) is 23.8 Å². The Balaban J connectivity index is 2.08. The monoisotopic (exact) mass is 434 g/mol. The summed E-state index contributed by atoms with van der Waals surface area (Å²) in [7, 11) is 0. The minimum Gasteiger partial charge on any atom is -0.330 e. The van der Waals surface area contributed by atoms with Crippen molar-refractivity contribution < 1.29 is 9.18 Å². The lowest BCUT2D eigenvalue weighted by Gasteiger charge is -2.11. The van der Waals surface area contributed by atoms with Crippen molar-refractivity contribution in [2.45, 2.75) is 0 Å². The smallest absolute Gasteiger partial charge is 0.258 e. The summed E-state index contributed by atoms with van der Waals surface area (Å²) in [6.07, 6.45) is 0. The molecule has 0 unspecified atom stereocenters. The highest BCUT2D eigenvalue weighted by Gasteiger charge is 2.13. The predicted molar refractivity (Wildman–Crippen MR) is 94.3 cm³/mol. The van der Waals surface area contributed by atoms with Crippen molar-refractivity contribution in [2.24, 2.45) is 0 Å². The van der Waals surface area contributed by atoms with Crippen LogP contribution in [0.2, 0.25) is 5.02 Å². The van der Waals surface area contributed by atoms with Crippen molar-refractivity contribution in [3.63, 3.8) is 0 Å². The zero-order valence-electron chi connectivity index (χ0n) is 10.5. The second-order valence-electron chi connectivity index (χ2n) is 4.01. The second kappa shape index (κ2) is 7.15. The molecule has 0 aliphatic rings. The van der Waals surface area contributed by atoms with Crippen LogP contribution in [-0.4, -0.2) is 11.0 Å². The molecule has 1 amide bonds. The first-order chi connectivity index (χ1) is 9.97. The van der Waals surface area contributed by atoms with Crippen LogP contribution in [0, 0.1) is 9.39 Å². The molecule has 2 aromatic rings. The molecule has 0 atom stereocenters. The average Bonchev–Trinajstić information content (AvgIpc) is 2.44. The number of thiocarbonyl (C=S) groups is 1. The average molecular weight is 435 g/mol. The van der Waals surface area contributed by atoms with Gasteiger partial charge in [0.25, 0.3) is 5.91 Å². The number of para-hydroxylation sites is 1. The van der Waals surface area contributed by atoms with E-state index in [-0.39, 0.29) is 10.8 Å². The Labute approximate surface area is 145 Å². The quantitative estimate of drug-likeness (QED) is 0.550. The minimum atomic E-state index is -0.457. The number of anilines is 1. The normalized spacial score (nSPS) is 10.0. The Morgan fingerprint density at radius 2 is 1.95 bits per heavy atom. The molecular formula is C14H9ClFIN2OS.